The second-order valence-corrected chi connectivity index (χ2v) is 5.69. The first-order valence-electron chi connectivity index (χ1n) is 7.03. The van der Waals surface area contributed by atoms with Crippen LogP contribution in [0.15, 0.2) is 48.5 Å². The molecule has 0 aromatic heterocycles. The molecule has 0 fully saturated rings. The van der Waals surface area contributed by atoms with Crippen molar-refractivity contribution in [3.63, 3.8) is 0 Å². The Bertz CT molecular complexity index is 629. The summed E-state index contributed by atoms with van der Waals surface area (Å²) in [5.41, 5.74) is 0.982. The van der Waals surface area contributed by atoms with Crippen LogP contribution in [-0.4, -0.2) is 12.0 Å². The molecule has 116 valence electrons. The highest BCUT2D eigenvalue weighted by atomic mass is 35.5. The minimum Gasteiger partial charge on any atom is -0.481 e. The predicted molar refractivity (Wildman–Crippen MR) is 89.5 cm³/mol. The van der Waals surface area contributed by atoms with Gasteiger partial charge in [-0.05, 0) is 42.3 Å². The van der Waals surface area contributed by atoms with Crippen LogP contribution in [0.5, 0.6) is 5.75 Å². The van der Waals surface area contributed by atoms with Gasteiger partial charge in [0.05, 0.1) is 0 Å². The summed E-state index contributed by atoms with van der Waals surface area (Å²) in [6.45, 7) is 2.34. The van der Waals surface area contributed by atoms with E-state index < -0.39 is 6.10 Å². The van der Waals surface area contributed by atoms with Crippen LogP contribution < -0.4 is 10.1 Å². The summed E-state index contributed by atoms with van der Waals surface area (Å²) in [6.07, 6.45) is 0.0182. The van der Waals surface area contributed by atoms with Crippen LogP contribution in [0.2, 0.25) is 10.0 Å². The molecule has 3 nitrogen and oxygen atoms in total. The Morgan fingerprint density at radius 2 is 1.86 bits per heavy atom. The summed E-state index contributed by atoms with van der Waals surface area (Å²) in [4.78, 5) is 12.2. The largest absolute Gasteiger partial charge is 0.481 e. The Kier molecular flexibility index (Phi) is 6.10. The van der Waals surface area contributed by atoms with Crippen LogP contribution in [0, 0.1) is 0 Å². The van der Waals surface area contributed by atoms with Gasteiger partial charge in [0.1, 0.15) is 5.75 Å². The molecule has 0 aliphatic heterocycles. The summed E-state index contributed by atoms with van der Waals surface area (Å²) >= 11 is 11.7. The van der Waals surface area contributed by atoms with E-state index in [9.17, 15) is 4.79 Å². The monoisotopic (exact) mass is 337 g/mol. The zero-order chi connectivity index (χ0) is 15.9. The van der Waals surface area contributed by atoms with Crippen molar-refractivity contribution in [1.82, 2.24) is 5.32 Å². The van der Waals surface area contributed by atoms with Crippen LogP contribution in [0.1, 0.15) is 18.9 Å². The van der Waals surface area contributed by atoms with Gasteiger partial charge in [-0.1, -0.05) is 48.3 Å². The minimum atomic E-state index is -0.550. The molecular weight excluding hydrogens is 321 g/mol. The Hall–Kier alpha value is -1.71. The Labute approximate surface area is 140 Å². The number of rotatable bonds is 6. The standard InChI is InChI=1S/C17H17Cl2NO2/c1-2-16(22-15-5-3-4-14(19)10-15)17(21)20-11-12-6-8-13(18)9-7-12/h3-10,16H,2,11H2,1H3,(H,20,21)/t16-/m1/s1. The van der Waals surface area contributed by atoms with Gasteiger partial charge in [-0.3, -0.25) is 4.79 Å². The third-order valence-corrected chi connectivity index (χ3v) is 3.60. The fraction of sp³-hybridized carbons (Fsp3) is 0.235. The van der Waals surface area contributed by atoms with Crippen LogP contribution in [-0.2, 0) is 11.3 Å². The van der Waals surface area contributed by atoms with Crippen molar-refractivity contribution in [2.75, 3.05) is 0 Å². The fourth-order valence-electron chi connectivity index (χ4n) is 1.93. The third kappa shape index (κ3) is 4.93. The number of hydrogen-bond donors (Lipinski definition) is 1. The maximum absolute atomic E-state index is 12.2. The lowest BCUT2D eigenvalue weighted by molar-refractivity contribution is -0.128. The number of carbonyl (C=O) groups excluding carboxylic acids is 1. The molecule has 1 N–H and O–H groups in total. The molecule has 2 aromatic carbocycles. The van der Waals surface area contributed by atoms with Crippen LogP contribution in [0.25, 0.3) is 0 Å². The zero-order valence-electron chi connectivity index (χ0n) is 12.2. The number of benzene rings is 2. The lowest BCUT2D eigenvalue weighted by Gasteiger charge is -2.17. The van der Waals surface area contributed by atoms with Gasteiger partial charge in [0, 0.05) is 16.6 Å². The molecule has 0 saturated carbocycles. The molecule has 0 aliphatic rings. The molecule has 0 saturated heterocycles. The maximum Gasteiger partial charge on any atom is 0.261 e. The van der Waals surface area contributed by atoms with E-state index in [1.54, 1.807) is 36.4 Å². The fourth-order valence-corrected chi connectivity index (χ4v) is 2.24. The topological polar surface area (TPSA) is 38.3 Å². The first-order valence-corrected chi connectivity index (χ1v) is 7.78. The summed E-state index contributed by atoms with van der Waals surface area (Å²) < 4.78 is 5.70. The van der Waals surface area contributed by atoms with Gasteiger partial charge in [-0.15, -0.1) is 0 Å². The van der Waals surface area contributed by atoms with E-state index in [0.29, 0.717) is 28.8 Å². The van der Waals surface area contributed by atoms with Crippen LogP contribution >= 0.6 is 23.2 Å². The van der Waals surface area contributed by atoms with E-state index in [2.05, 4.69) is 5.32 Å². The first kappa shape index (κ1) is 16.7. The van der Waals surface area contributed by atoms with Crippen molar-refractivity contribution in [3.05, 3.63) is 64.1 Å². The SMILES string of the molecule is CC[C@@H](Oc1cccc(Cl)c1)C(=O)NCc1ccc(Cl)cc1. The minimum absolute atomic E-state index is 0.155. The molecule has 0 bridgehead atoms. The maximum atomic E-state index is 12.2. The normalized spacial score (nSPS) is 11.8. The quantitative estimate of drug-likeness (QED) is 0.844. The van der Waals surface area contributed by atoms with Crippen molar-refractivity contribution in [2.45, 2.75) is 26.0 Å². The molecule has 0 spiro atoms. The number of amides is 1. The van der Waals surface area contributed by atoms with Crippen molar-refractivity contribution in [2.24, 2.45) is 0 Å². The predicted octanol–water partition coefficient (Wildman–Crippen LogP) is 4.47. The molecule has 0 radical (unpaired) electrons. The number of ether oxygens (including phenoxy) is 1. The van der Waals surface area contributed by atoms with E-state index in [1.807, 2.05) is 19.1 Å². The van der Waals surface area contributed by atoms with Crippen LogP contribution in [0.4, 0.5) is 0 Å². The summed E-state index contributed by atoms with van der Waals surface area (Å²) in [7, 11) is 0. The molecule has 0 aliphatic carbocycles. The van der Waals surface area contributed by atoms with Gasteiger partial charge in [0.2, 0.25) is 0 Å². The Morgan fingerprint density at radius 3 is 2.50 bits per heavy atom. The lowest BCUT2D eigenvalue weighted by atomic mass is 10.2. The molecule has 1 amide bonds. The van der Waals surface area contributed by atoms with Gasteiger partial charge >= 0.3 is 0 Å². The van der Waals surface area contributed by atoms with Gasteiger partial charge in [-0.25, -0.2) is 0 Å². The van der Waals surface area contributed by atoms with Gasteiger partial charge < -0.3 is 10.1 Å². The van der Waals surface area contributed by atoms with E-state index in [1.165, 1.54) is 0 Å². The highest BCUT2D eigenvalue weighted by Crippen LogP contribution is 2.19. The number of carbonyl (C=O) groups is 1. The van der Waals surface area contributed by atoms with Crippen molar-refractivity contribution in [1.29, 1.82) is 0 Å². The highest BCUT2D eigenvalue weighted by molar-refractivity contribution is 6.30. The van der Waals surface area contributed by atoms with Crippen molar-refractivity contribution >= 4 is 29.1 Å². The lowest BCUT2D eigenvalue weighted by Crippen LogP contribution is -2.37. The average molecular weight is 338 g/mol. The van der Waals surface area contributed by atoms with Crippen molar-refractivity contribution < 1.29 is 9.53 Å². The molecule has 5 heteroatoms. The number of hydrogen-bond acceptors (Lipinski definition) is 2. The number of nitrogens with one attached hydrogen (secondary N) is 1. The van der Waals surface area contributed by atoms with E-state index >= 15 is 0 Å². The van der Waals surface area contributed by atoms with E-state index in [-0.39, 0.29) is 5.91 Å². The molecule has 0 heterocycles. The highest BCUT2D eigenvalue weighted by Gasteiger charge is 2.18. The summed E-state index contributed by atoms with van der Waals surface area (Å²) in [6, 6.07) is 14.4. The molecule has 1 atom stereocenters. The second-order valence-electron chi connectivity index (χ2n) is 4.82. The molecular formula is C17H17Cl2NO2. The Balaban J connectivity index is 1.92. The molecule has 0 unspecified atom stereocenters. The van der Waals surface area contributed by atoms with Gasteiger partial charge in [0.25, 0.3) is 5.91 Å². The first-order chi connectivity index (χ1) is 10.6. The molecule has 2 aromatic rings. The zero-order valence-corrected chi connectivity index (χ0v) is 13.7. The smallest absolute Gasteiger partial charge is 0.261 e. The molecule has 22 heavy (non-hydrogen) atoms. The Morgan fingerprint density at radius 1 is 1.14 bits per heavy atom. The van der Waals surface area contributed by atoms with Crippen molar-refractivity contribution in [3.8, 4) is 5.75 Å². The van der Waals surface area contributed by atoms with Gasteiger partial charge in [-0.2, -0.15) is 0 Å². The van der Waals surface area contributed by atoms with Crippen LogP contribution in [0.3, 0.4) is 0 Å². The summed E-state index contributed by atoms with van der Waals surface area (Å²) in [5.74, 6) is 0.429. The number of halogens is 2. The van der Waals surface area contributed by atoms with E-state index in [0.717, 1.165) is 5.56 Å². The second kappa shape index (κ2) is 8.06. The third-order valence-electron chi connectivity index (χ3n) is 3.12. The summed E-state index contributed by atoms with van der Waals surface area (Å²) in [5, 5.41) is 4.11. The average Bonchev–Trinajstić information content (AvgIpc) is 2.52. The van der Waals surface area contributed by atoms with E-state index in [4.69, 9.17) is 27.9 Å². The molecule has 2 rings (SSSR count). The van der Waals surface area contributed by atoms with Gasteiger partial charge in [0.15, 0.2) is 6.10 Å².